The molecule has 0 radical (unpaired) electrons. The molecule has 0 spiro atoms. The lowest BCUT2D eigenvalue weighted by atomic mass is 9.93. The molecule has 1 N–H and O–H groups in total. The van der Waals surface area contributed by atoms with E-state index in [2.05, 4.69) is 15.3 Å². The van der Waals surface area contributed by atoms with Gasteiger partial charge in [0, 0.05) is 30.1 Å². The van der Waals surface area contributed by atoms with Crippen LogP contribution >= 0.6 is 0 Å². The third kappa shape index (κ3) is 4.71. The zero-order valence-electron chi connectivity index (χ0n) is 18.9. The second kappa shape index (κ2) is 9.40. The molecule has 2 aromatic carbocycles. The highest BCUT2D eigenvalue weighted by molar-refractivity contribution is 5.96. The predicted octanol–water partition coefficient (Wildman–Crippen LogP) is 5.71. The molecule has 1 aliphatic heterocycles. The summed E-state index contributed by atoms with van der Waals surface area (Å²) in [5.41, 5.74) is 2.85. The highest BCUT2D eigenvalue weighted by Crippen LogP contribution is 2.38. The number of carbonyl (C=O) groups excluding carboxylic acids is 1. The van der Waals surface area contributed by atoms with Crippen molar-refractivity contribution in [2.45, 2.75) is 38.0 Å². The summed E-state index contributed by atoms with van der Waals surface area (Å²) in [6.07, 6.45) is 3.33. The van der Waals surface area contributed by atoms with E-state index in [1.54, 1.807) is 17.1 Å². The smallest absolute Gasteiger partial charge is 0.330 e. The summed E-state index contributed by atoms with van der Waals surface area (Å²) in [7, 11) is 0. The molecule has 1 atom stereocenters. The molecule has 3 heterocycles. The Hall–Kier alpha value is -3.88. The van der Waals surface area contributed by atoms with Crippen molar-refractivity contribution in [3.63, 3.8) is 0 Å². The van der Waals surface area contributed by atoms with Gasteiger partial charge in [-0.25, -0.2) is 0 Å². The molecule has 0 bridgehead atoms. The molecule has 0 saturated carbocycles. The summed E-state index contributed by atoms with van der Waals surface area (Å²) in [5, 5.41) is 11.5. The maximum Gasteiger partial charge on any atom is 0.416 e. The Morgan fingerprint density at radius 1 is 1.06 bits per heavy atom. The number of benzene rings is 2. The van der Waals surface area contributed by atoms with Crippen molar-refractivity contribution in [1.82, 2.24) is 24.9 Å². The van der Waals surface area contributed by atoms with Gasteiger partial charge < -0.3 is 4.90 Å². The van der Waals surface area contributed by atoms with E-state index >= 15 is 0 Å². The fourth-order valence-electron chi connectivity index (χ4n) is 4.68. The molecule has 1 aliphatic rings. The van der Waals surface area contributed by atoms with E-state index < -0.39 is 11.7 Å². The van der Waals surface area contributed by atoms with Crippen molar-refractivity contribution in [1.29, 1.82) is 0 Å². The average Bonchev–Trinajstić information content (AvgIpc) is 3.56. The fraction of sp³-hybridized carbons (Fsp3) is 0.269. The Morgan fingerprint density at radius 2 is 1.86 bits per heavy atom. The third-order valence-corrected chi connectivity index (χ3v) is 6.43. The minimum Gasteiger partial charge on any atom is -0.330 e. The van der Waals surface area contributed by atoms with Gasteiger partial charge in [0.05, 0.1) is 30.0 Å². The van der Waals surface area contributed by atoms with Gasteiger partial charge in [-0.05, 0) is 54.7 Å². The quantitative estimate of drug-likeness (QED) is 0.399. The van der Waals surface area contributed by atoms with Crippen LogP contribution < -0.4 is 0 Å². The molecule has 6 nitrogen and oxygen atoms in total. The molecule has 2 aromatic heterocycles. The Labute approximate surface area is 200 Å². The molecule has 0 aliphatic carbocycles. The van der Waals surface area contributed by atoms with Crippen LogP contribution in [0.1, 0.15) is 52.5 Å². The second-order valence-corrected chi connectivity index (χ2v) is 8.64. The number of hydrogen-bond acceptors (Lipinski definition) is 3. The number of carbonyl (C=O) groups is 1. The molecule has 1 amide bonds. The van der Waals surface area contributed by atoms with Crippen molar-refractivity contribution in [2.75, 3.05) is 6.54 Å². The first-order valence-electron chi connectivity index (χ1n) is 11.5. The van der Waals surface area contributed by atoms with Gasteiger partial charge in [0.15, 0.2) is 0 Å². The number of rotatable bonds is 5. The number of nitrogens with zero attached hydrogens (tertiary/aromatic N) is 4. The van der Waals surface area contributed by atoms with Crippen molar-refractivity contribution in [2.24, 2.45) is 0 Å². The molecule has 4 aromatic rings. The lowest BCUT2D eigenvalue weighted by Crippen LogP contribution is -2.39. The van der Waals surface area contributed by atoms with Crippen LogP contribution in [0.2, 0.25) is 0 Å². The van der Waals surface area contributed by atoms with E-state index in [0.717, 1.165) is 42.7 Å². The minimum atomic E-state index is -4.39. The predicted molar refractivity (Wildman–Crippen MR) is 124 cm³/mol. The van der Waals surface area contributed by atoms with Crippen LogP contribution in [0.25, 0.3) is 11.1 Å². The van der Waals surface area contributed by atoms with Gasteiger partial charge in [0.25, 0.3) is 5.91 Å². The van der Waals surface area contributed by atoms with Crippen LogP contribution in [0.3, 0.4) is 0 Å². The topological polar surface area (TPSA) is 66.8 Å². The van der Waals surface area contributed by atoms with Crippen molar-refractivity contribution >= 4 is 5.91 Å². The number of aromatic nitrogens is 4. The van der Waals surface area contributed by atoms with Gasteiger partial charge in [0.2, 0.25) is 0 Å². The Bertz CT molecular complexity index is 1300. The van der Waals surface area contributed by atoms with E-state index in [1.165, 1.54) is 12.1 Å². The SMILES string of the molecule is O=C(c1ccccc1Cn1cccn1)N1CCCC[C@H]1c1[nH]ncc1-c1ccc(C(F)(F)F)cc1. The Balaban J connectivity index is 1.45. The maximum atomic E-state index is 13.8. The number of amides is 1. The highest BCUT2D eigenvalue weighted by Gasteiger charge is 2.33. The van der Waals surface area contributed by atoms with Gasteiger partial charge in [-0.3, -0.25) is 14.6 Å². The van der Waals surface area contributed by atoms with Gasteiger partial charge >= 0.3 is 6.18 Å². The molecule has 35 heavy (non-hydrogen) atoms. The molecule has 5 rings (SSSR count). The van der Waals surface area contributed by atoms with E-state index in [0.29, 0.717) is 29.8 Å². The zero-order chi connectivity index (χ0) is 24.4. The van der Waals surface area contributed by atoms with E-state index in [4.69, 9.17) is 0 Å². The molecule has 9 heteroatoms. The first-order chi connectivity index (χ1) is 16.9. The zero-order valence-corrected chi connectivity index (χ0v) is 18.9. The number of H-pyrrole nitrogens is 1. The number of alkyl halides is 3. The summed E-state index contributed by atoms with van der Waals surface area (Å²) in [6.45, 7) is 1.07. The van der Waals surface area contributed by atoms with Crippen LogP contribution in [0.15, 0.2) is 73.2 Å². The average molecular weight is 480 g/mol. The summed E-state index contributed by atoms with van der Waals surface area (Å²) in [4.78, 5) is 15.6. The molecule has 1 fully saturated rings. The largest absolute Gasteiger partial charge is 0.416 e. The number of likely N-dealkylation sites (tertiary alicyclic amines) is 1. The van der Waals surface area contributed by atoms with Crippen LogP contribution in [0.5, 0.6) is 0 Å². The number of aromatic amines is 1. The molecule has 180 valence electrons. The van der Waals surface area contributed by atoms with Crippen LogP contribution in [0.4, 0.5) is 13.2 Å². The van der Waals surface area contributed by atoms with Crippen molar-refractivity contribution < 1.29 is 18.0 Å². The molecule has 1 saturated heterocycles. The Kier molecular flexibility index (Phi) is 6.15. The number of hydrogen-bond donors (Lipinski definition) is 1. The normalized spacial score (nSPS) is 16.4. The molecule has 0 unspecified atom stereocenters. The number of piperidine rings is 1. The summed E-state index contributed by atoms with van der Waals surface area (Å²) >= 11 is 0. The first-order valence-corrected chi connectivity index (χ1v) is 11.5. The van der Waals surface area contributed by atoms with E-state index in [9.17, 15) is 18.0 Å². The van der Waals surface area contributed by atoms with E-state index in [-0.39, 0.29) is 11.9 Å². The molecular formula is C26H24F3N5O. The number of nitrogens with one attached hydrogen (secondary N) is 1. The minimum absolute atomic E-state index is 0.0783. The fourth-order valence-corrected chi connectivity index (χ4v) is 4.68. The van der Waals surface area contributed by atoms with Crippen molar-refractivity contribution in [3.8, 4) is 11.1 Å². The lowest BCUT2D eigenvalue weighted by Gasteiger charge is -2.36. The standard InChI is InChI=1S/C26H24F3N5O/c27-26(28,29)20-11-9-18(10-12-20)22-16-30-32-24(22)23-8-3-4-15-34(23)25(35)21-7-2-1-6-19(21)17-33-14-5-13-31-33/h1-2,5-7,9-14,16,23H,3-4,8,15,17H2,(H,30,32)/t23-/m0/s1. The third-order valence-electron chi connectivity index (χ3n) is 6.43. The van der Waals surface area contributed by atoms with Crippen molar-refractivity contribution in [3.05, 3.63) is 95.6 Å². The Morgan fingerprint density at radius 3 is 2.60 bits per heavy atom. The van der Waals surface area contributed by atoms with Gasteiger partial charge in [-0.15, -0.1) is 0 Å². The van der Waals surface area contributed by atoms with E-state index in [1.807, 2.05) is 41.4 Å². The van der Waals surface area contributed by atoms with Crippen LogP contribution in [-0.4, -0.2) is 37.3 Å². The number of halogens is 3. The lowest BCUT2D eigenvalue weighted by molar-refractivity contribution is -0.137. The highest BCUT2D eigenvalue weighted by atomic mass is 19.4. The second-order valence-electron chi connectivity index (χ2n) is 8.64. The van der Waals surface area contributed by atoms with Crippen LogP contribution in [0, 0.1) is 0 Å². The monoisotopic (exact) mass is 479 g/mol. The van der Waals surface area contributed by atoms with Crippen LogP contribution in [-0.2, 0) is 12.7 Å². The summed E-state index contributed by atoms with van der Waals surface area (Å²) in [6, 6.07) is 14.1. The van der Waals surface area contributed by atoms with Gasteiger partial charge in [0.1, 0.15) is 0 Å². The van der Waals surface area contributed by atoms with Gasteiger partial charge in [-0.2, -0.15) is 23.4 Å². The summed E-state index contributed by atoms with van der Waals surface area (Å²) < 4.78 is 40.8. The molecular weight excluding hydrogens is 455 g/mol. The first kappa shape index (κ1) is 22.9. The maximum absolute atomic E-state index is 13.8. The van der Waals surface area contributed by atoms with Gasteiger partial charge in [-0.1, -0.05) is 30.3 Å². The summed E-state index contributed by atoms with van der Waals surface area (Å²) in [5.74, 6) is -0.0783.